The summed E-state index contributed by atoms with van der Waals surface area (Å²) in [7, 11) is 0. The Bertz CT molecular complexity index is 891. The number of nitro benzene ring substituents is 1. The third kappa shape index (κ3) is 4.90. The topological polar surface area (TPSA) is 66.7 Å². The quantitative estimate of drug-likeness (QED) is 0.429. The van der Waals surface area contributed by atoms with Crippen molar-refractivity contribution in [1.29, 1.82) is 0 Å². The maximum Gasteiger partial charge on any atom is 0.269 e. The zero-order valence-electron chi connectivity index (χ0n) is 16.3. The number of nitrogens with zero attached hydrogens (tertiary/aromatic N) is 3. The number of hydrogen-bond acceptors (Lipinski definition) is 4. The van der Waals surface area contributed by atoms with E-state index in [1.807, 2.05) is 23.1 Å². The standard InChI is InChI=1S/C23H25N3O3/c27-23(13-8-18-6-9-21(10-7-18)26(28)29)25-15-14-24(20-11-12-20)17-22(25)16-19-4-2-1-3-5-19/h1-10,13,20,22H,11-12,14-17H2/b13-8+. The van der Waals surface area contributed by atoms with Crippen molar-refractivity contribution in [2.45, 2.75) is 31.3 Å². The lowest BCUT2D eigenvalue weighted by atomic mass is 10.0. The van der Waals surface area contributed by atoms with E-state index in [9.17, 15) is 14.9 Å². The molecule has 0 N–H and O–H groups in total. The maximum atomic E-state index is 13.0. The number of hydrogen-bond donors (Lipinski definition) is 0. The number of piperazine rings is 1. The fourth-order valence-corrected chi connectivity index (χ4v) is 3.97. The first-order chi connectivity index (χ1) is 14.1. The van der Waals surface area contributed by atoms with Crippen LogP contribution in [-0.2, 0) is 11.2 Å². The second-order valence-corrected chi connectivity index (χ2v) is 7.78. The smallest absolute Gasteiger partial charge is 0.269 e. The second-order valence-electron chi connectivity index (χ2n) is 7.78. The van der Waals surface area contributed by atoms with Gasteiger partial charge in [-0.1, -0.05) is 30.3 Å². The number of nitro groups is 1. The summed E-state index contributed by atoms with van der Waals surface area (Å²) in [5, 5.41) is 10.8. The number of carbonyl (C=O) groups excluding carboxylic acids is 1. The van der Waals surface area contributed by atoms with Crippen LogP contribution in [0, 0.1) is 10.1 Å². The van der Waals surface area contributed by atoms with Gasteiger partial charge < -0.3 is 4.90 Å². The Labute approximate surface area is 170 Å². The number of benzene rings is 2. The zero-order chi connectivity index (χ0) is 20.2. The molecule has 1 amide bonds. The summed E-state index contributed by atoms with van der Waals surface area (Å²) in [6.07, 6.45) is 6.71. The van der Waals surface area contributed by atoms with E-state index < -0.39 is 4.92 Å². The van der Waals surface area contributed by atoms with E-state index in [1.54, 1.807) is 24.3 Å². The molecular formula is C23H25N3O3. The highest BCUT2D eigenvalue weighted by Crippen LogP contribution is 2.29. The van der Waals surface area contributed by atoms with Gasteiger partial charge in [0.25, 0.3) is 5.69 Å². The Morgan fingerprint density at radius 2 is 1.79 bits per heavy atom. The zero-order valence-corrected chi connectivity index (χ0v) is 16.3. The van der Waals surface area contributed by atoms with Gasteiger partial charge in [-0.15, -0.1) is 0 Å². The molecule has 150 valence electrons. The second kappa shape index (κ2) is 8.57. The van der Waals surface area contributed by atoms with E-state index in [2.05, 4.69) is 17.0 Å². The number of carbonyl (C=O) groups is 1. The molecule has 2 aromatic rings. The summed E-state index contributed by atoms with van der Waals surface area (Å²) in [6, 6.07) is 17.4. The Kier molecular flexibility index (Phi) is 5.71. The van der Waals surface area contributed by atoms with Crippen LogP contribution in [-0.4, -0.2) is 52.3 Å². The molecule has 1 saturated heterocycles. The van der Waals surface area contributed by atoms with Crippen molar-refractivity contribution in [3.05, 3.63) is 81.9 Å². The van der Waals surface area contributed by atoms with Crippen LogP contribution < -0.4 is 0 Å². The van der Waals surface area contributed by atoms with Gasteiger partial charge in [0.05, 0.1) is 4.92 Å². The average molecular weight is 391 g/mol. The van der Waals surface area contributed by atoms with E-state index >= 15 is 0 Å². The van der Waals surface area contributed by atoms with E-state index in [-0.39, 0.29) is 17.6 Å². The largest absolute Gasteiger partial charge is 0.333 e. The molecule has 0 aromatic heterocycles. The van der Waals surface area contributed by atoms with Gasteiger partial charge in [0.15, 0.2) is 0 Å². The summed E-state index contributed by atoms with van der Waals surface area (Å²) in [5.41, 5.74) is 2.07. The Morgan fingerprint density at radius 1 is 1.07 bits per heavy atom. The summed E-state index contributed by atoms with van der Waals surface area (Å²) in [6.45, 7) is 2.57. The highest BCUT2D eigenvalue weighted by molar-refractivity contribution is 5.92. The molecule has 0 spiro atoms. The molecule has 2 fully saturated rings. The van der Waals surface area contributed by atoms with E-state index in [0.717, 1.165) is 31.6 Å². The van der Waals surface area contributed by atoms with Crippen molar-refractivity contribution in [3.8, 4) is 0 Å². The lowest BCUT2D eigenvalue weighted by Gasteiger charge is -2.41. The van der Waals surface area contributed by atoms with Crippen LogP contribution in [0.4, 0.5) is 5.69 Å². The minimum Gasteiger partial charge on any atom is -0.333 e. The highest BCUT2D eigenvalue weighted by Gasteiger charge is 2.36. The van der Waals surface area contributed by atoms with Crippen LogP contribution in [0.3, 0.4) is 0 Å². The first-order valence-corrected chi connectivity index (χ1v) is 10.1. The first-order valence-electron chi connectivity index (χ1n) is 10.1. The van der Waals surface area contributed by atoms with E-state index in [1.165, 1.54) is 30.5 Å². The molecule has 0 radical (unpaired) electrons. The van der Waals surface area contributed by atoms with Gasteiger partial charge in [-0.2, -0.15) is 0 Å². The first kappa shape index (κ1) is 19.3. The van der Waals surface area contributed by atoms with Gasteiger partial charge in [-0.3, -0.25) is 19.8 Å². The predicted octanol–water partition coefficient (Wildman–Crippen LogP) is 3.53. The van der Waals surface area contributed by atoms with Gasteiger partial charge in [-0.05, 0) is 48.6 Å². The summed E-state index contributed by atoms with van der Waals surface area (Å²) >= 11 is 0. The molecule has 1 heterocycles. The lowest BCUT2D eigenvalue weighted by molar-refractivity contribution is -0.384. The number of amides is 1. The molecule has 1 saturated carbocycles. The SMILES string of the molecule is O=C(/C=C/c1ccc([N+](=O)[O-])cc1)N1CCN(C2CC2)CC1Cc1ccccc1. The maximum absolute atomic E-state index is 13.0. The molecule has 0 bridgehead atoms. The number of rotatable bonds is 6. The summed E-state index contributed by atoms with van der Waals surface area (Å²) in [4.78, 5) is 27.8. The predicted molar refractivity (Wildman–Crippen MR) is 112 cm³/mol. The van der Waals surface area contributed by atoms with Crippen molar-refractivity contribution in [1.82, 2.24) is 9.80 Å². The molecule has 1 atom stereocenters. The molecule has 6 heteroatoms. The highest BCUT2D eigenvalue weighted by atomic mass is 16.6. The third-order valence-electron chi connectivity index (χ3n) is 5.70. The van der Waals surface area contributed by atoms with Crippen molar-refractivity contribution >= 4 is 17.7 Å². The molecule has 2 aliphatic rings. The van der Waals surface area contributed by atoms with Crippen LogP contribution in [0.1, 0.15) is 24.0 Å². The average Bonchev–Trinajstić information content (AvgIpc) is 3.58. The van der Waals surface area contributed by atoms with Crippen molar-refractivity contribution < 1.29 is 9.72 Å². The minimum atomic E-state index is -0.424. The molecule has 4 rings (SSSR count). The fraction of sp³-hybridized carbons (Fsp3) is 0.348. The third-order valence-corrected chi connectivity index (χ3v) is 5.70. The Hall–Kier alpha value is -2.99. The van der Waals surface area contributed by atoms with Gasteiger partial charge in [0, 0.05) is 49.9 Å². The molecule has 29 heavy (non-hydrogen) atoms. The van der Waals surface area contributed by atoms with Crippen LogP contribution in [0.15, 0.2) is 60.7 Å². The molecule has 6 nitrogen and oxygen atoms in total. The van der Waals surface area contributed by atoms with Crippen LogP contribution in [0.2, 0.25) is 0 Å². The van der Waals surface area contributed by atoms with Gasteiger partial charge in [0.1, 0.15) is 0 Å². The minimum absolute atomic E-state index is 0.000249. The van der Waals surface area contributed by atoms with Crippen LogP contribution in [0.5, 0.6) is 0 Å². The molecule has 2 aromatic carbocycles. The Morgan fingerprint density at radius 3 is 2.45 bits per heavy atom. The van der Waals surface area contributed by atoms with Gasteiger partial charge in [-0.25, -0.2) is 0 Å². The lowest BCUT2D eigenvalue weighted by Crippen LogP contribution is -2.56. The Balaban J connectivity index is 1.46. The van der Waals surface area contributed by atoms with Crippen molar-refractivity contribution in [3.63, 3.8) is 0 Å². The van der Waals surface area contributed by atoms with Crippen molar-refractivity contribution in [2.24, 2.45) is 0 Å². The van der Waals surface area contributed by atoms with E-state index in [4.69, 9.17) is 0 Å². The fourth-order valence-electron chi connectivity index (χ4n) is 3.97. The summed E-state index contributed by atoms with van der Waals surface area (Å²) in [5.74, 6) is -0.000249. The normalized spacial score (nSPS) is 20.1. The summed E-state index contributed by atoms with van der Waals surface area (Å²) < 4.78 is 0. The van der Waals surface area contributed by atoms with Crippen LogP contribution in [0.25, 0.3) is 6.08 Å². The van der Waals surface area contributed by atoms with Crippen LogP contribution >= 0.6 is 0 Å². The van der Waals surface area contributed by atoms with Crippen molar-refractivity contribution in [2.75, 3.05) is 19.6 Å². The molecular weight excluding hydrogens is 366 g/mol. The molecule has 1 aliphatic heterocycles. The number of non-ortho nitro benzene ring substituents is 1. The van der Waals surface area contributed by atoms with Gasteiger partial charge in [0.2, 0.25) is 5.91 Å². The molecule has 1 unspecified atom stereocenters. The van der Waals surface area contributed by atoms with Gasteiger partial charge >= 0.3 is 0 Å². The monoisotopic (exact) mass is 391 g/mol. The van der Waals surface area contributed by atoms with E-state index in [0.29, 0.717) is 6.04 Å². The molecule has 1 aliphatic carbocycles.